The molecular weight excluding hydrogens is 412 g/mol. The summed E-state index contributed by atoms with van der Waals surface area (Å²) in [5, 5.41) is 26.2. The monoisotopic (exact) mass is 448 g/mol. The topological polar surface area (TPSA) is 171 Å². The molecule has 0 saturated carbocycles. The number of aliphatic hydroxyl groups is 1. The van der Waals surface area contributed by atoms with E-state index in [0.29, 0.717) is 6.42 Å². The van der Waals surface area contributed by atoms with Gasteiger partial charge in [-0.3, -0.25) is 14.4 Å². The van der Waals surface area contributed by atoms with E-state index in [2.05, 4.69) is 28.6 Å². The van der Waals surface area contributed by atoms with Gasteiger partial charge in [-0.25, -0.2) is 4.79 Å². The number of nitrogens with two attached hydrogens (primary N) is 1. The van der Waals surface area contributed by atoms with Gasteiger partial charge in [-0.2, -0.15) is 12.6 Å². The summed E-state index contributed by atoms with van der Waals surface area (Å²) >= 11 is 4.08. The Labute approximate surface area is 183 Å². The lowest BCUT2D eigenvalue weighted by molar-refractivity contribution is -0.142. The number of aliphatic hydroxyl groups excluding tert-OH is 1. The second-order valence-electron chi connectivity index (χ2n) is 7.91. The van der Waals surface area contributed by atoms with E-state index in [0.717, 1.165) is 0 Å². The number of carboxylic acid groups (broad SMARTS) is 1. The zero-order chi connectivity index (χ0) is 23.6. The van der Waals surface area contributed by atoms with Crippen LogP contribution in [0.5, 0.6) is 0 Å². The Morgan fingerprint density at radius 3 is 1.87 bits per heavy atom. The third kappa shape index (κ3) is 9.31. The van der Waals surface area contributed by atoms with Crippen molar-refractivity contribution >= 4 is 36.3 Å². The van der Waals surface area contributed by atoms with Crippen molar-refractivity contribution in [2.45, 2.75) is 77.7 Å². The summed E-state index contributed by atoms with van der Waals surface area (Å²) in [6, 6.07) is -4.39. The first kappa shape index (κ1) is 28.1. The fraction of sp³-hybridized carbons (Fsp3) is 0.789. The van der Waals surface area contributed by atoms with E-state index in [1.165, 1.54) is 6.92 Å². The number of carbonyl (C=O) groups is 4. The molecule has 0 aromatic rings. The molecule has 0 aliphatic rings. The first-order valence-corrected chi connectivity index (χ1v) is 10.7. The number of aliphatic carboxylic acids is 1. The molecule has 3 amide bonds. The van der Waals surface area contributed by atoms with E-state index in [-0.39, 0.29) is 24.0 Å². The Bertz CT molecular complexity index is 602. The van der Waals surface area contributed by atoms with Crippen molar-refractivity contribution in [3.63, 3.8) is 0 Å². The first-order valence-electron chi connectivity index (χ1n) is 10.0. The van der Waals surface area contributed by atoms with Gasteiger partial charge in [-0.1, -0.05) is 34.1 Å². The van der Waals surface area contributed by atoms with Gasteiger partial charge in [0.15, 0.2) is 0 Å². The molecule has 0 heterocycles. The number of amides is 3. The lowest BCUT2D eigenvalue weighted by Crippen LogP contribution is -2.60. The summed E-state index contributed by atoms with van der Waals surface area (Å²) < 4.78 is 0. The van der Waals surface area contributed by atoms with Crippen molar-refractivity contribution in [2.24, 2.45) is 17.6 Å². The highest BCUT2D eigenvalue weighted by Crippen LogP contribution is 2.10. The molecule has 10 nitrogen and oxygen atoms in total. The quantitative estimate of drug-likeness (QED) is 0.182. The summed E-state index contributed by atoms with van der Waals surface area (Å²) in [5.74, 6) is -3.48. The molecule has 0 aliphatic carbocycles. The minimum absolute atomic E-state index is 0.0403. The van der Waals surface area contributed by atoms with Crippen LogP contribution in [0.2, 0.25) is 0 Å². The predicted octanol–water partition coefficient (Wildman–Crippen LogP) is -0.744. The summed E-state index contributed by atoms with van der Waals surface area (Å²) in [6.45, 7) is 8.60. The lowest BCUT2D eigenvalue weighted by atomic mass is 9.97. The first-order chi connectivity index (χ1) is 13.8. The maximum absolute atomic E-state index is 12.8. The summed E-state index contributed by atoms with van der Waals surface area (Å²) in [4.78, 5) is 48.9. The molecule has 6 atom stereocenters. The van der Waals surface area contributed by atoms with E-state index in [1.54, 1.807) is 6.92 Å². The molecule has 0 spiro atoms. The van der Waals surface area contributed by atoms with Crippen molar-refractivity contribution in [2.75, 3.05) is 5.75 Å². The number of hydrogen-bond donors (Lipinski definition) is 7. The summed E-state index contributed by atoms with van der Waals surface area (Å²) in [5.41, 5.74) is 5.62. The fourth-order valence-electron chi connectivity index (χ4n) is 2.59. The molecule has 0 saturated heterocycles. The van der Waals surface area contributed by atoms with Crippen LogP contribution in [-0.4, -0.2) is 69.9 Å². The zero-order valence-corrected chi connectivity index (χ0v) is 19.1. The predicted molar refractivity (Wildman–Crippen MR) is 116 cm³/mol. The number of rotatable bonds is 13. The molecule has 0 fully saturated rings. The van der Waals surface area contributed by atoms with Crippen LogP contribution in [0.4, 0.5) is 0 Å². The fourth-order valence-corrected chi connectivity index (χ4v) is 2.85. The second kappa shape index (κ2) is 13.5. The lowest BCUT2D eigenvalue weighted by Gasteiger charge is -2.28. The van der Waals surface area contributed by atoms with Crippen LogP contribution in [0.1, 0.15) is 47.5 Å². The minimum Gasteiger partial charge on any atom is -0.480 e. The van der Waals surface area contributed by atoms with Crippen molar-refractivity contribution in [3.8, 4) is 0 Å². The van der Waals surface area contributed by atoms with Crippen molar-refractivity contribution in [1.29, 1.82) is 0 Å². The Morgan fingerprint density at radius 1 is 0.933 bits per heavy atom. The van der Waals surface area contributed by atoms with Gasteiger partial charge in [-0.05, 0) is 25.2 Å². The normalized spacial score (nSPS) is 17.2. The van der Waals surface area contributed by atoms with Crippen LogP contribution in [0.3, 0.4) is 0 Å². The Balaban J connectivity index is 5.30. The Kier molecular flexibility index (Phi) is 12.6. The van der Waals surface area contributed by atoms with Crippen LogP contribution in [0.15, 0.2) is 0 Å². The van der Waals surface area contributed by atoms with Crippen LogP contribution in [0.25, 0.3) is 0 Å². The van der Waals surface area contributed by atoms with Gasteiger partial charge in [0, 0.05) is 5.75 Å². The van der Waals surface area contributed by atoms with Crippen LogP contribution >= 0.6 is 12.6 Å². The standard InChI is InChI=1S/C19H36N4O6S/c1-6-10(4)15(23-17(26)14(20)11(5)24)18(27)22-13(8-30)16(25)21-12(19(28)29)7-9(2)3/h9-15,24,30H,6-8,20H2,1-5H3,(H,21,25)(H,22,27)(H,23,26)(H,28,29). The molecule has 0 bridgehead atoms. The van der Waals surface area contributed by atoms with Gasteiger partial charge in [-0.15, -0.1) is 0 Å². The van der Waals surface area contributed by atoms with Crippen LogP contribution in [0, 0.1) is 11.8 Å². The SMILES string of the molecule is CCC(C)C(NC(=O)C(N)C(C)O)C(=O)NC(CS)C(=O)NC(CC(C)C)C(=O)O. The van der Waals surface area contributed by atoms with Gasteiger partial charge in [0.2, 0.25) is 17.7 Å². The highest BCUT2D eigenvalue weighted by Gasteiger charge is 2.32. The molecule has 11 heteroatoms. The molecule has 7 N–H and O–H groups in total. The highest BCUT2D eigenvalue weighted by molar-refractivity contribution is 7.80. The molecule has 0 aromatic carbocycles. The smallest absolute Gasteiger partial charge is 0.326 e. The maximum Gasteiger partial charge on any atom is 0.326 e. The van der Waals surface area contributed by atoms with Crippen molar-refractivity contribution in [3.05, 3.63) is 0 Å². The molecule has 0 aromatic heterocycles. The number of thiol groups is 1. The number of carboxylic acids is 1. The van der Waals surface area contributed by atoms with Gasteiger partial charge in [0.05, 0.1) is 6.10 Å². The molecule has 0 rings (SSSR count). The van der Waals surface area contributed by atoms with Crippen molar-refractivity contribution < 1.29 is 29.4 Å². The molecule has 0 aliphatic heterocycles. The average Bonchev–Trinajstić information content (AvgIpc) is 2.67. The van der Waals surface area contributed by atoms with Crippen LogP contribution in [-0.2, 0) is 19.2 Å². The van der Waals surface area contributed by atoms with Gasteiger partial charge >= 0.3 is 5.97 Å². The Morgan fingerprint density at radius 2 is 1.47 bits per heavy atom. The molecular formula is C19H36N4O6S. The number of nitrogens with one attached hydrogen (secondary N) is 3. The van der Waals surface area contributed by atoms with E-state index in [9.17, 15) is 29.4 Å². The molecule has 6 unspecified atom stereocenters. The maximum atomic E-state index is 12.8. The summed E-state index contributed by atoms with van der Waals surface area (Å²) in [7, 11) is 0. The average molecular weight is 449 g/mol. The van der Waals surface area contributed by atoms with Gasteiger partial charge in [0.1, 0.15) is 24.2 Å². The third-order valence-corrected chi connectivity index (χ3v) is 5.12. The largest absolute Gasteiger partial charge is 0.480 e. The van der Waals surface area contributed by atoms with E-state index in [1.807, 2.05) is 20.8 Å². The Hall–Kier alpha value is -1.85. The van der Waals surface area contributed by atoms with Crippen molar-refractivity contribution in [1.82, 2.24) is 16.0 Å². The molecule has 0 radical (unpaired) electrons. The summed E-state index contributed by atoms with van der Waals surface area (Å²) in [6.07, 6.45) is -0.317. The number of carbonyl (C=O) groups excluding carboxylic acids is 3. The zero-order valence-electron chi connectivity index (χ0n) is 18.2. The van der Waals surface area contributed by atoms with E-state index >= 15 is 0 Å². The highest BCUT2D eigenvalue weighted by atomic mass is 32.1. The van der Waals surface area contributed by atoms with Crippen LogP contribution < -0.4 is 21.7 Å². The minimum atomic E-state index is -1.21. The van der Waals surface area contributed by atoms with E-state index < -0.39 is 54.0 Å². The second-order valence-corrected chi connectivity index (χ2v) is 8.28. The molecule has 174 valence electrons. The van der Waals surface area contributed by atoms with Gasteiger partial charge < -0.3 is 31.9 Å². The molecule has 30 heavy (non-hydrogen) atoms. The number of hydrogen-bond acceptors (Lipinski definition) is 7. The third-order valence-electron chi connectivity index (χ3n) is 4.75. The van der Waals surface area contributed by atoms with E-state index in [4.69, 9.17) is 5.73 Å². The van der Waals surface area contributed by atoms with Gasteiger partial charge in [0.25, 0.3) is 0 Å².